The molecule has 1 amide bonds. The molecule has 3 N–H and O–H groups in total. The van der Waals surface area contributed by atoms with Gasteiger partial charge in [0.15, 0.2) is 0 Å². The summed E-state index contributed by atoms with van der Waals surface area (Å²) in [6.07, 6.45) is 1.26. The van der Waals surface area contributed by atoms with Crippen LogP contribution in [0.25, 0.3) is 0 Å². The van der Waals surface area contributed by atoms with Crippen molar-refractivity contribution in [3.8, 4) is 0 Å². The van der Waals surface area contributed by atoms with Crippen LogP contribution in [0.5, 0.6) is 0 Å². The van der Waals surface area contributed by atoms with Gasteiger partial charge < -0.3 is 10.4 Å². The van der Waals surface area contributed by atoms with Gasteiger partial charge in [-0.2, -0.15) is 5.10 Å². The summed E-state index contributed by atoms with van der Waals surface area (Å²) in [7, 11) is 0. The third kappa shape index (κ3) is 2.06. The quantitative estimate of drug-likeness (QED) is 0.701. The van der Waals surface area contributed by atoms with Crippen LogP contribution in [0.3, 0.4) is 0 Å². The second-order valence-electron chi connectivity index (χ2n) is 3.10. The van der Waals surface area contributed by atoms with E-state index in [1.165, 1.54) is 6.33 Å². The van der Waals surface area contributed by atoms with Gasteiger partial charge in [0, 0.05) is 11.3 Å². The van der Waals surface area contributed by atoms with Gasteiger partial charge in [0.25, 0.3) is 5.91 Å². The zero-order chi connectivity index (χ0) is 11.4. The summed E-state index contributed by atoms with van der Waals surface area (Å²) >= 11 is 0. The number of amides is 1. The molecule has 0 unspecified atom stereocenters. The first-order chi connectivity index (χ1) is 7.81. The number of carbonyl (C=O) groups is 1. The molecule has 1 heterocycles. The van der Waals surface area contributed by atoms with Gasteiger partial charge in [-0.15, -0.1) is 0 Å². The van der Waals surface area contributed by atoms with E-state index in [-0.39, 0.29) is 12.4 Å². The predicted octanol–water partition coefficient (Wildman–Crippen LogP) is 0.549. The van der Waals surface area contributed by atoms with E-state index in [2.05, 4.69) is 20.5 Å². The molecule has 1 aromatic carbocycles. The van der Waals surface area contributed by atoms with Crippen LogP contribution < -0.4 is 5.32 Å². The number of hydrogen-bond donors (Lipinski definition) is 3. The Morgan fingerprint density at radius 3 is 2.94 bits per heavy atom. The number of rotatable bonds is 3. The second kappa shape index (κ2) is 4.54. The molecule has 0 aliphatic rings. The molecule has 0 saturated carbocycles. The number of aliphatic hydroxyl groups is 1. The highest BCUT2D eigenvalue weighted by atomic mass is 16.3. The minimum Gasteiger partial charge on any atom is -0.392 e. The number of benzene rings is 1. The van der Waals surface area contributed by atoms with Gasteiger partial charge in [-0.25, -0.2) is 4.98 Å². The zero-order valence-corrected chi connectivity index (χ0v) is 8.34. The van der Waals surface area contributed by atoms with Crippen LogP contribution in [-0.2, 0) is 6.61 Å². The number of para-hydroxylation sites is 1. The maximum Gasteiger partial charge on any atom is 0.292 e. The van der Waals surface area contributed by atoms with Crippen molar-refractivity contribution in [1.82, 2.24) is 15.2 Å². The lowest BCUT2D eigenvalue weighted by Crippen LogP contribution is -2.15. The average Bonchev–Trinajstić information content (AvgIpc) is 2.83. The van der Waals surface area contributed by atoms with Crippen molar-refractivity contribution >= 4 is 11.6 Å². The number of aromatic nitrogens is 3. The summed E-state index contributed by atoms with van der Waals surface area (Å²) in [4.78, 5) is 15.3. The van der Waals surface area contributed by atoms with E-state index in [1.807, 2.05) is 0 Å². The average molecular weight is 218 g/mol. The van der Waals surface area contributed by atoms with Crippen molar-refractivity contribution in [1.29, 1.82) is 0 Å². The molecular formula is C10H10N4O2. The van der Waals surface area contributed by atoms with E-state index in [9.17, 15) is 4.79 Å². The highest BCUT2D eigenvalue weighted by molar-refractivity contribution is 6.01. The molecule has 2 rings (SSSR count). The number of anilines is 1. The van der Waals surface area contributed by atoms with Crippen molar-refractivity contribution in [3.05, 3.63) is 42.0 Å². The Kier molecular flexibility index (Phi) is 2.93. The molecular weight excluding hydrogens is 208 g/mol. The van der Waals surface area contributed by atoms with Crippen LogP contribution >= 0.6 is 0 Å². The number of carbonyl (C=O) groups excluding carboxylic acids is 1. The number of aromatic amines is 1. The Morgan fingerprint density at radius 1 is 1.44 bits per heavy atom. The van der Waals surface area contributed by atoms with Crippen molar-refractivity contribution in [2.45, 2.75) is 6.61 Å². The normalized spacial score (nSPS) is 10.1. The monoisotopic (exact) mass is 218 g/mol. The van der Waals surface area contributed by atoms with Crippen molar-refractivity contribution < 1.29 is 9.90 Å². The molecule has 82 valence electrons. The predicted molar refractivity (Wildman–Crippen MR) is 56.7 cm³/mol. The van der Waals surface area contributed by atoms with Crippen LogP contribution in [0.1, 0.15) is 16.2 Å². The van der Waals surface area contributed by atoms with Gasteiger partial charge in [0.05, 0.1) is 6.61 Å². The summed E-state index contributed by atoms with van der Waals surface area (Å²) in [5.41, 5.74) is 1.21. The van der Waals surface area contributed by atoms with Crippen molar-refractivity contribution in [2.75, 3.05) is 5.32 Å². The molecule has 16 heavy (non-hydrogen) atoms. The molecule has 0 radical (unpaired) electrons. The van der Waals surface area contributed by atoms with Crippen LogP contribution in [0.4, 0.5) is 5.69 Å². The number of nitrogens with zero attached hydrogens (tertiary/aromatic N) is 2. The van der Waals surface area contributed by atoms with Gasteiger partial charge in [-0.05, 0) is 6.07 Å². The molecule has 1 aromatic heterocycles. The molecule has 6 nitrogen and oxygen atoms in total. The topological polar surface area (TPSA) is 90.9 Å². The largest absolute Gasteiger partial charge is 0.392 e. The fourth-order valence-electron chi connectivity index (χ4n) is 1.28. The summed E-state index contributed by atoms with van der Waals surface area (Å²) < 4.78 is 0. The maximum absolute atomic E-state index is 11.6. The fourth-order valence-corrected chi connectivity index (χ4v) is 1.28. The van der Waals surface area contributed by atoms with E-state index < -0.39 is 5.91 Å². The molecule has 6 heteroatoms. The van der Waals surface area contributed by atoms with Gasteiger partial charge in [0.2, 0.25) is 5.82 Å². The van der Waals surface area contributed by atoms with E-state index in [0.29, 0.717) is 11.3 Å². The molecule has 0 aliphatic carbocycles. The Hall–Kier alpha value is -2.21. The lowest BCUT2D eigenvalue weighted by atomic mass is 10.2. The van der Waals surface area contributed by atoms with E-state index in [0.717, 1.165) is 0 Å². The number of hydrogen-bond acceptors (Lipinski definition) is 4. The first-order valence-electron chi connectivity index (χ1n) is 4.66. The standard InChI is InChI=1S/C10H10N4O2/c15-5-7-3-1-2-4-8(7)13-10(16)9-11-6-12-14-9/h1-4,6,15H,5H2,(H,13,16)(H,11,12,14). The minimum atomic E-state index is -0.390. The van der Waals surface area contributed by atoms with Gasteiger partial charge in [-0.3, -0.25) is 9.89 Å². The summed E-state index contributed by atoms with van der Waals surface area (Å²) in [6.45, 7) is -0.132. The molecule has 0 spiro atoms. The van der Waals surface area contributed by atoms with E-state index in [4.69, 9.17) is 5.11 Å². The first kappa shape index (κ1) is 10.3. The SMILES string of the molecule is O=C(Nc1ccccc1CO)c1ncn[nH]1. The van der Waals surface area contributed by atoms with E-state index in [1.54, 1.807) is 24.3 Å². The fraction of sp³-hybridized carbons (Fsp3) is 0.100. The smallest absolute Gasteiger partial charge is 0.292 e. The first-order valence-corrected chi connectivity index (χ1v) is 4.66. The van der Waals surface area contributed by atoms with Gasteiger partial charge in [0.1, 0.15) is 6.33 Å². The van der Waals surface area contributed by atoms with Crippen LogP contribution in [0.15, 0.2) is 30.6 Å². The summed E-state index contributed by atoms with van der Waals surface area (Å²) in [5.74, 6) is -0.258. The minimum absolute atomic E-state index is 0.132. The summed E-state index contributed by atoms with van der Waals surface area (Å²) in [5, 5.41) is 17.7. The number of nitrogens with one attached hydrogen (secondary N) is 2. The molecule has 0 fully saturated rings. The Bertz CT molecular complexity index is 481. The van der Waals surface area contributed by atoms with Crippen LogP contribution in [-0.4, -0.2) is 26.2 Å². The maximum atomic E-state index is 11.6. The Balaban J connectivity index is 2.18. The van der Waals surface area contributed by atoms with E-state index >= 15 is 0 Å². The van der Waals surface area contributed by atoms with Crippen molar-refractivity contribution in [2.24, 2.45) is 0 Å². The van der Waals surface area contributed by atoms with Crippen molar-refractivity contribution in [3.63, 3.8) is 0 Å². The molecule has 2 aromatic rings. The lowest BCUT2D eigenvalue weighted by Gasteiger charge is -2.07. The zero-order valence-electron chi connectivity index (χ0n) is 8.34. The molecule has 0 atom stereocenters. The van der Waals surface area contributed by atoms with Gasteiger partial charge in [-0.1, -0.05) is 18.2 Å². The van der Waals surface area contributed by atoms with Gasteiger partial charge >= 0.3 is 0 Å². The second-order valence-corrected chi connectivity index (χ2v) is 3.10. The third-order valence-corrected chi connectivity index (χ3v) is 2.07. The highest BCUT2D eigenvalue weighted by Crippen LogP contribution is 2.15. The molecule has 0 bridgehead atoms. The number of aliphatic hydroxyl groups excluding tert-OH is 1. The molecule has 0 saturated heterocycles. The highest BCUT2D eigenvalue weighted by Gasteiger charge is 2.10. The molecule has 0 aliphatic heterocycles. The Morgan fingerprint density at radius 2 is 2.25 bits per heavy atom. The van der Waals surface area contributed by atoms with Crippen LogP contribution in [0.2, 0.25) is 0 Å². The summed E-state index contributed by atoms with van der Waals surface area (Å²) in [6, 6.07) is 7.00. The number of H-pyrrole nitrogens is 1. The van der Waals surface area contributed by atoms with Crippen LogP contribution in [0, 0.1) is 0 Å². The Labute approximate surface area is 91.3 Å². The third-order valence-electron chi connectivity index (χ3n) is 2.07. The lowest BCUT2D eigenvalue weighted by molar-refractivity contribution is 0.101.